The maximum Gasteiger partial charge on any atom is 0.229 e. The second-order valence-electron chi connectivity index (χ2n) is 3.46. The van der Waals surface area contributed by atoms with Crippen molar-refractivity contribution in [2.24, 2.45) is 0 Å². The highest BCUT2D eigenvalue weighted by molar-refractivity contribution is 8.23. The molecule has 0 aliphatic heterocycles. The van der Waals surface area contributed by atoms with Gasteiger partial charge in [0.15, 0.2) is 0 Å². The van der Waals surface area contributed by atoms with E-state index in [0.29, 0.717) is 0 Å². The molecule has 0 unspecified atom stereocenters. The van der Waals surface area contributed by atoms with Gasteiger partial charge in [0.05, 0.1) is 0 Å². The predicted octanol–water partition coefficient (Wildman–Crippen LogP) is 3.24. The fourth-order valence-electron chi connectivity index (χ4n) is 1.30. The van der Waals surface area contributed by atoms with Crippen LogP contribution >= 0.6 is 11.6 Å². The van der Waals surface area contributed by atoms with Gasteiger partial charge in [-0.15, -0.1) is 0 Å². The van der Waals surface area contributed by atoms with Crippen molar-refractivity contribution in [3.8, 4) is 0 Å². The van der Waals surface area contributed by atoms with Crippen LogP contribution in [0.2, 0.25) is 0 Å². The molecular formula is C12H18BS. The topological polar surface area (TPSA) is 0 Å². The van der Waals surface area contributed by atoms with E-state index in [1.807, 2.05) is 11.6 Å². The van der Waals surface area contributed by atoms with Gasteiger partial charge in [0.2, 0.25) is 6.56 Å². The molecule has 14 heavy (non-hydrogen) atoms. The molecule has 0 heterocycles. The van der Waals surface area contributed by atoms with Crippen LogP contribution in [0, 0.1) is 0 Å². The van der Waals surface area contributed by atoms with E-state index in [0.717, 1.165) is 0 Å². The number of hydrogen-bond acceptors (Lipinski definition) is 1. The molecule has 0 aliphatic carbocycles. The Morgan fingerprint density at radius 2 is 1.86 bits per heavy atom. The zero-order chi connectivity index (χ0) is 10.1. The normalized spacial score (nSPS) is 10.1. The van der Waals surface area contributed by atoms with Crippen molar-refractivity contribution in [1.29, 1.82) is 0 Å². The highest BCUT2D eigenvalue weighted by Crippen LogP contribution is 2.05. The first-order valence-electron chi connectivity index (χ1n) is 5.43. The Bertz CT molecular complexity index is 223. The van der Waals surface area contributed by atoms with E-state index >= 15 is 0 Å². The fraction of sp³-hybridized carbons (Fsp3) is 0.500. The van der Waals surface area contributed by atoms with Crippen LogP contribution in [0.4, 0.5) is 0 Å². The van der Waals surface area contributed by atoms with Gasteiger partial charge in [0.25, 0.3) is 0 Å². The molecule has 2 heteroatoms. The smallest absolute Gasteiger partial charge is 0.211 e. The van der Waals surface area contributed by atoms with Crippen LogP contribution in [0.25, 0.3) is 0 Å². The maximum atomic E-state index is 2.26. The quantitative estimate of drug-likeness (QED) is 0.486. The van der Waals surface area contributed by atoms with E-state index in [9.17, 15) is 0 Å². The lowest BCUT2D eigenvalue weighted by atomic mass is 9.95. The monoisotopic (exact) mass is 205 g/mol. The van der Waals surface area contributed by atoms with Crippen molar-refractivity contribution < 1.29 is 0 Å². The van der Waals surface area contributed by atoms with Crippen LogP contribution < -0.4 is 5.46 Å². The predicted molar refractivity (Wildman–Crippen MR) is 68.4 cm³/mol. The minimum atomic E-state index is 1.26. The van der Waals surface area contributed by atoms with Crippen LogP contribution in [0.1, 0.15) is 32.6 Å². The average molecular weight is 205 g/mol. The van der Waals surface area contributed by atoms with E-state index < -0.39 is 0 Å². The van der Waals surface area contributed by atoms with Gasteiger partial charge < -0.3 is 0 Å². The van der Waals surface area contributed by atoms with Crippen molar-refractivity contribution in [2.45, 2.75) is 32.6 Å². The lowest BCUT2D eigenvalue weighted by Gasteiger charge is -2.00. The van der Waals surface area contributed by atoms with Crippen LogP contribution in [0.3, 0.4) is 0 Å². The van der Waals surface area contributed by atoms with Crippen LogP contribution in [0.5, 0.6) is 0 Å². The summed E-state index contributed by atoms with van der Waals surface area (Å²) in [6, 6.07) is 10.5. The largest absolute Gasteiger partial charge is 0.229 e. The molecule has 1 rings (SSSR count). The molecule has 1 aromatic rings. The summed E-state index contributed by atoms with van der Waals surface area (Å²) in [5.41, 5.74) is 1.33. The molecule has 0 atom stereocenters. The van der Waals surface area contributed by atoms with Gasteiger partial charge in [-0.1, -0.05) is 62.0 Å². The van der Waals surface area contributed by atoms with Crippen molar-refractivity contribution >= 4 is 23.6 Å². The van der Waals surface area contributed by atoms with Gasteiger partial charge in [-0.2, -0.15) is 0 Å². The summed E-state index contributed by atoms with van der Waals surface area (Å²) in [6.07, 6.45) is 5.44. The molecule has 0 bridgehead atoms. The van der Waals surface area contributed by atoms with E-state index in [-0.39, 0.29) is 0 Å². The Balaban J connectivity index is 1.99. The number of benzene rings is 1. The SMILES string of the molecule is CCCCCCS[B]c1ccccc1. The number of unbranched alkanes of at least 4 members (excludes halogenated alkanes) is 3. The summed E-state index contributed by atoms with van der Waals surface area (Å²) in [5.74, 6) is 1.26. The molecule has 75 valence electrons. The molecular weight excluding hydrogens is 187 g/mol. The Labute approximate surface area is 92.6 Å². The molecule has 0 amide bonds. The molecule has 0 aromatic heterocycles. The van der Waals surface area contributed by atoms with Gasteiger partial charge in [-0.3, -0.25) is 0 Å². The lowest BCUT2D eigenvalue weighted by molar-refractivity contribution is 0.707. The van der Waals surface area contributed by atoms with E-state index in [4.69, 9.17) is 0 Å². The zero-order valence-electron chi connectivity index (χ0n) is 8.91. The molecule has 0 saturated heterocycles. The minimum absolute atomic E-state index is 1.26. The van der Waals surface area contributed by atoms with Crippen molar-refractivity contribution in [3.05, 3.63) is 30.3 Å². The summed E-state index contributed by atoms with van der Waals surface area (Å²) < 4.78 is 0. The van der Waals surface area contributed by atoms with E-state index in [1.165, 1.54) is 36.9 Å². The molecule has 0 saturated carbocycles. The van der Waals surface area contributed by atoms with Gasteiger partial charge in [0.1, 0.15) is 0 Å². The Morgan fingerprint density at radius 1 is 1.07 bits per heavy atom. The van der Waals surface area contributed by atoms with E-state index in [2.05, 4.69) is 43.8 Å². The Kier molecular flexibility index (Phi) is 6.68. The highest BCUT2D eigenvalue weighted by atomic mass is 32.2. The third-order valence-corrected chi connectivity index (χ3v) is 3.10. The van der Waals surface area contributed by atoms with Crippen molar-refractivity contribution in [2.75, 3.05) is 5.75 Å². The van der Waals surface area contributed by atoms with E-state index in [1.54, 1.807) is 0 Å². The molecule has 0 spiro atoms. The summed E-state index contributed by atoms with van der Waals surface area (Å²) in [7, 11) is 0. The van der Waals surface area contributed by atoms with Gasteiger partial charge in [0, 0.05) is 0 Å². The van der Waals surface area contributed by atoms with Crippen molar-refractivity contribution in [1.82, 2.24) is 0 Å². The first-order valence-corrected chi connectivity index (χ1v) is 6.48. The highest BCUT2D eigenvalue weighted by Gasteiger charge is 1.94. The van der Waals surface area contributed by atoms with Crippen LogP contribution in [-0.4, -0.2) is 12.3 Å². The first-order chi connectivity index (χ1) is 6.93. The third kappa shape index (κ3) is 5.38. The van der Waals surface area contributed by atoms with Crippen LogP contribution in [-0.2, 0) is 0 Å². The summed E-state index contributed by atoms with van der Waals surface area (Å²) in [6.45, 7) is 4.51. The molecule has 1 aromatic carbocycles. The molecule has 0 fully saturated rings. The Hall–Kier alpha value is -0.365. The van der Waals surface area contributed by atoms with Gasteiger partial charge in [-0.05, 0) is 12.2 Å². The number of hydrogen-bond donors (Lipinski definition) is 0. The molecule has 0 nitrogen and oxygen atoms in total. The second-order valence-corrected chi connectivity index (χ2v) is 4.44. The summed E-state index contributed by atoms with van der Waals surface area (Å²) in [4.78, 5) is 0. The standard InChI is InChI=1S/C12H18BS/c1-2-3-4-8-11-14-13-12-9-6-5-7-10-12/h5-7,9-10H,2-4,8,11H2,1H3. The zero-order valence-corrected chi connectivity index (χ0v) is 9.72. The minimum Gasteiger partial charge on any atom is -0.211 e. The fourth-order valence-corrected chi connectivity index (χ4v) is 2.14. The maximum absolute atomic E-state index is 2.26. The second kappa shape index (κ2) is 7.99. The first kappa shape index (κ1) is 11.7. The summed E-state index contributed by atoms with van der Waals surface area (Å²) in [5, 5.41) is 0. The van der Waals surface area contributed by atoms with Gasteiger partial charge >= 0.3 is 0 Å². The summed E-state index contributed by atoms with van der Waals surface area (Å²) >= 11 is 1.93. The third-order valence-electron chi connectivity index (χ3n) is 2.13. The Morgan fingerprint density at radius 3 is 2.57 bits per heavy atom. The molecule has 0 aliphatic rings. The van der Waals surface area contributed by atoms with Crippen molar-refractivity contribution in [3.63, 3.8) is 0 Å². The number of rotatable bonds is 7. The van der Waals surface area contributed by atoms with Gasteiger partial charge in [-0.25, -0.2) is 11.6 Å². The van der Waals surface area contributed by atoms with Crippen LogP contribution in [0.15, 0.2) is 30.3 Å². The average Bonchev–Trinajstić information content (AvgIpc) is 2.25. The molecule has 1 radical (unpaired) electrons. The lowest BCUT2D eigenvalue weighted by Crippen LogP contribution is -2.09. The molecule has 0 N–H and O–H groups in total.